The SMILES string of the molecule is Cc1cccc(C(C)C)c1NC(=O)COC(=O)c1c2c(nc3ccccc13)/C(=C\c1ccc(Cl)cc1)C[C@H](C(C)(C)C)C2. The first kappa shape index (κ1) is 30.5. The molecule has 6 heteroatoms. The molecular formula is C37H39ClN2O3. The number of carbonyl (C=O) groups is 2. The second kappa shape index (κ2) is 12.3. The number of hydrogen-bond acceptors (Lipinski definition) is 4. The number of carbonyl (C=O) groups excluding carboxylic acids is 2. The lowest BCUT2D eigenvalue weighted by Gasteiger charge is -2.36. The molecule has 4 aromatic rings. The Kier molecular flexibility index (Phi) is 8.75. The van der Waals surface area contributed by atoms with Crippen LogP contribution in [0.4, 0.5) is 5.69 Å². The second-order valence-electron chi connectivity index (χ2n) is 12.8. The fraction of sp³-hybridized carbons (Fsp3) is 0.324. The van der Waals surface area contributed by atoms with E-state index in [4.69, 9.17) is 21.3 Å². The number of para-hydroxylation sites is 2. The molecule has 0 fully saturated rings. The van der Waals surface area contributed by atoms with Crippen LogP contribution in [0.15, 0.2) is 66.7 Å². The minimum atomic E-state index is -0.515. The molecule has 5 nitrogen and oxygen atoms in total. The highest BCUT2D eigenvalue weighted by atomic mass is 35.5. The fourth-order valence-corrected chi connectivity index (χ4v) is 5.98. The Hall–Kier alpha value is -3.96. The number of benzene rings is 3. The van der Waals surface area contributed by atoms with Crippen LogP contribution in [0.1, 0.15) is 85.3 Å². The Morgan fingerprint density at radius 3 is 2.44 bits per heavy atom. The quantitative estimate of drug-likeness (QED) is 0.226. The van der Waals surface area contributed by atoms with Gasteiger partial charge in [-0.15, -0.1) is 0 Å². The van der Waals surface area contributed by atoms with E-state index in [1.807, 2.05) is 73.7 Å². The molecule has 0 aliphatic heterocycles. The fourth-order valence-electron chi connectivity index (χ4n) is 5.85. The molecular weight excluding hydrogens is 556 g/mol. The van der Waals surface area contributed by atoms with Crippen molar-refractivity contribution in [1.82, 2.24) is 4.98 Å². The van der Waals surface area contributed by atoms with Gasteiger partial charge >= 0.3 is 5.97 Å². The molecule has 1 aliphatic rings. The summed E-state index contributed by atoms with van der Waals surface area (Å²) in [6.07, 6.45) is 3.66. The molecule has 0 saturated carbocycles. The number of aromatic nitrogens is 1. The number of fused-ring (bicyclic) bond motifs is 2. The monoisotopic (exact) mass is 594 g/mol. The molecule has 0 radical (unpaired) electrons. The van der Waals surface area contributed by atoms with E-state index in [9.17, 15) is 9.59 Å². The Bertz CT molecular complexity index is 1710. The minimum absolute atomic E-state index is 0.00878. The number of pyridine rings is 1. The summed E-state index contributed by atoms with van der Waals surface area (Å²) in [6, 6.07) is 21.3. The van der Waals surface area contributed by atoms with Crippen molar-refractivity contribution in [2.75, 3.05) is 11.9 Å². The molecule has 0 unspecified atom stereocenters. The smallest absolute Gasteiger partial charge is 0.339 e. The second-order valence-corrected chi connectivity index (χ2v) is 13.3. The van der Waals surface area contributed by atoms with E-state index >= 15 is 0 Å². The van der Waals surface area contributed by atoms with Crippen LogP contribution in [0, 0.1) is 18.3 Å². The van der Waals surface area contributed by atoms with Crippen molar-refractivity contribution in [3.8, 4) is 0 Å². The Morgan fingerprint density at radius 2 is 1.74 bits per heavy atom. The molecule has 0 saturated heterocycles. The maximum atomic E-state index is 13.9. The van der Waals surface area contributed by atoms with E-state index in [-0.39, 0.29) is 29.8 Å². The van der Waals surface area contributed by atoms with Crippen molar-refractivity contribution in [3.63, 3.8) is 0 Å². The summed E-state index contributed by atoms with van der Waals surface area (Å²) < 4.78 is 5.75. The van der Waals surface area contributed by atoms with Crippen LogP contribution in [0.25, 0.3) is 22.6 Å². The van der Waals surface area contributed by atoms with Gasteiger partial charge in [0.15, 0.2) is 6.61 Å². The van der Waals surface area contributed by atoms with Gasteiger partial charge in [-0.05, 0) is 89.1 Å². The van der Waals surface area contributed by atoms with E-state index < -0.39 is 5.97 Å². The highest BCUT2D eigenvalue weighted by Gasteiger charge is 2.35. The zero-order valence-corrected chi connectivity index (χ0v) is 26.5. The molecule has 43 heavy (non-hydrogen) atoms. The molecule has 0 spiro atoms. The molecule has 5 rings (SSSR count). The van der Waals surface area contributed by atoms with Crippen LogP contribution in [0.3, 0.4) is 0 Å². The molecule has 1 aliphatic carbocycles. The highest BCUT2D eigenvalue weighted by molar-refractivity contribution is 6.30. The van der Waals surface area contributed by atoms with Crippen LogP contribution in [0.5, 0.6) is 0 Å². The van der Waals surface area contributed by atoms with Crippen molar-refractivity contribution in [2.24, 2.45) is 11.3 Å². The van der Waals surface area contributed by atoms with Gasteiger partial charge in [0.05, 0.1) is 16.8 Å². The van der Waals surface area contributed by atoms with Gasteiger partial charge in [-0.1, -0.05) is 94.8 Å². The summed E-state index contributed by atoms with van der Waals surface area (Å²) in [4.78, 5) is 32.1. The third kappa shape index (κ3) is 6.67. The number of allylic oxidation sites excluding steroid dienone is 1. The molecule has 1 atom stereocenters. The lowest BCUT2D eigenvalue weighted by Crippen LogP contribution is -2.29. The van der Waals surface area contributed by atoms with Crippen LogP contribution in [-0.4, -0.2) is 23.5 Å². The normalized spacial score (nSPS) is 15.9. The van der Waals surface area contributed by atoms with Crippen molar-refractivity contribution in [2.45, 2.75) is 60.3 Å². The van der Waals surface area contributed by atoms with Crippen molar-refractivity contribution in [3.05, 3.63) is 105 Å². The number of anilines is 1. The number of amides is 1. The topological polar surface area (TPSA) is 68.3 Å². The average molecular weight is 595 g/mol. The van der Waals surface area contributed by atoms with Gasteiger partial charge in [0.25, 0.3) is 5.91 Å². The summed E-state index contributed by atoms with van der Waals surface area (Å²) in [5.41, 5.74) is 7.76. The van der Waals surface area contributed by atoms with E-state index in [0.717, 1.165) is 56.5 Å². The van der Waals surface area contributed by atoms with E-state index in [2.05, 4.69) is 46.0 Å². The summed E-state index contributed by atoms with van der Waals surface area (Å²) in [6.45, 7) is 12.4. The largest absolute Gasteiger partial charge is 0.452 e. The van der Waals surface area contributed by atoms with Crippen LogP contribution < -0.4 is 5.32 Å². The number of ether oxygens (including phenoxy) is 1. The summed E-state index contributed by atoms with van der Waals surface area (Å²) in [5, 5.41) is 4.39. The van der Waals surface area contributed by atoms with Gasteiger partial charge in [0, 0.05) is 16.1 Å². The lowest BCUT2D eigenvalue weighted by atomic mass is 9.69. The van der Waals surface area contributed by atoms with E-state index in [1.54, 1.807) is 0 Å². The average Bonchev–Trinajstić information content (AvgIpc) is 2.96. The number of nitrogens with one attached hydrogen (secondary N) is 1. The zero-order valence-electron chi connectivity index (χ0n) is 25.8. The van der Waals surface area contributed by atoms with Gasteiger partial charge in [-0.25, -0.2) is 9.78 Å². The summed E-state index contributed by atoms with van der Waals surface area (Å²) in [7, 11) is 0. The summed E-state index contributed by atoms with van der Waals surface area (Å²) >= 11 is 6.15. The molecule has 1 heterocycles. The maximum Gasteiger partial charge on any atom is 0.339 e. The molecule has 3 aromatic carbocycles. The van der Waals surface area contributed by atoms with Crippen molar-refractivity contribution in [1.29, 1.82) is 0 Å². The predicted molar refractivity (Wildman–Crippen MR) is 177 cm³/mol. The first-order valence-electron chi connectivity index (χ1n) is 14.9. The molecule has 1 N–H and O–H groups in total. The number of aryl methyl sites for hydroxylation is 1. The van der Waals surface area contributed by atoms with Gasteiger partial charge in [-0.3, -0.25) is 4.79 Å². The molecule has 0 bridgehead atoms. The predicted octanol–water partition coefficient (Wildman–Crippen LogP) is 9.26. The number of rotatable bonds is 6. The standard InChI is InChI=1S/C37H39ClN2O3/c1-22(2)28-12-9-10-23(3)34(28)40-32(41)21-43-36(42)33-29-11-7-8-13-31(29)39-35-25(18-24-14-16-27(38)17-15-24)19-26(20-30(33)35)37(4,5)6/h7-18,22,26H,19-21H2,1-6H3,(H,40,41)/b25-18-/t26-/m0/s1. The molecule has 222 valence electrons. The van der Waals surface area contributed by atoms with Crippen LogP contribution in [-0.2, 0) is 16.0 Å². The first-order chi connectivity index (χ1) is 20.4. The highest BCUT2D eigenvalue weighted by Crippen LogP contribution is 2.45. The number of esters is 1. The van der Waals surface area contributed by atoms with E-state index in [0.29, 0.717) is 17.0 Å². The van der Waals surface area contributed by atoms with E-state index in [1.165, 1.54) is 0 Å². The van der Waals surface area contributed by atoms with Gasteiger partial charge in [0.2, 0.25) is 0 Å². The minimum Gasteiger partial charge on any atom is -0.452 e. The van der Waals surface area contributed by atoms with Crippen molar-refractivity contribution < 1.29 is 14.3 Å². The number of nitrogens with zero attached hydrogens (tertiary/aromatic N) is 1. The first-order valence-corrected chi connectivity index (χ1v) is 15.2. The van der Waals surface area contributed by atoms with Gasteiger partial charge in [0.1, 0.15) is 0 Å². The Balaban J connectivity index is 1.53. The molecule has 1 aromatic heterocycles. The Labute approximate surface area is 259 Å². The van der Waals surface area contributed by atoms with Gasteiger partial charge in [-0.2, -0.15) is 0 Å². The lowest BCUT2D eigenvalue weighted by molar-refractivity contribution is -0.119. The van der Waals surface area contributed by atoms with Crippen molar-refractivity contribution >= 4 is 51.7 Å². The van der Waals surface area contributed by atoms with Crippen LogP contribution in [0.2, 0.25) is 5.02 Å². The third-order valence-electron chi connectivity index (χ3n) is 8.38. The number of halogens is 1. The Morgan fingerprint density at radius 1 is 1.02 bits per heavy atom. The third-order valence-corrected chi connectivity index (χ3v) is 8.63. The summed E-state index contributed by atoms with van der Waals surface area (Å²) in [5.74, 6) is -0.378. The maximum absolute atomic E-state index is 13.9. The molecule has 1 amide bonds. The zero-order chi connectivity index (χ0) is 30.9. The number of hydrogen-bond donors (Lipinski definition) is 1. The van der Waals surface area contributed by atoms with Gasteiger partial charge < -0.3 is 10.1 Å². The van der Waals surface area contributed by atoms with Crippen LogP contribution >= 0.6 is 11.6 Å².